The third-order valence-electron chi connectivity index (χ3n) is 3.94. The van der Waals surface area contributed by atoms with Crippen molar-refractivity contribution in [3.63, 3.8) is 0 Å². The average Bonchev–Trinajstić information content (AvgIpc) is 2.99. The highest BCUT2D eigenvalue weighted by Gasteiger charge is 2.10. The van der Waals surface area contributed by atoms with Crippen molar-refractivity contribution < 1.29 is 4.42 Å². The number of aryl methyl sites for hydroxylation is 1. The molecule has 1 unspecified atom stereocenters. The van der Waals surface area contributed by atoms with Crippen LogP contribution in [0.2, 0.25) is 0 Å². The molecule has 1 heterocycles. The fourth-order valence-corrected chi connectivity index (χ4v) is 2.66. The SMILES string of the molecule is CCNC(CCc1ccco1)Cc1ccc(C(C)C)cc1. The molecule has 2 nitrogen and oxygen atoms in total. The molecule has 0 radical (unpaired) electrons. The summed E-state index contributed by atoms with van der Waals surface area (Å²) in [6.07, 6.45) is 4.93. The summed E-state index contributed by atoms with van der Waals surface area (Å²) in [7, 11) is 0. The van der Waals surface area contributed by atoms with Crippen molar-refractivity contribution in [2.75, 3.05) is 6.54 Å². The minimum Gasteiger partial charge on any atom is -0.469 e. The van der Waals surface area contributed by atoms with Crippen LogP contribution in [-0.2, 0) is 12.8 Å². The Hall–Kier alpha value is -1.54. The lowest BCUT2D eigenvalue weighted by Crippen LogP contribution is -2.31. The van der Waals surface area contributed by atoms with E-state index < -0.39 is 0 Å². The molecule has 1 N–H and O–H groups in total. The van der Waals surface area contributed by atoms with E-state index in [1.54, 1.807) is 6.26 Å². The predicted octanol–water partition coefficient (Wildman–Crippen LogP) is 4.56. The van der Waals surface area contributed by atoms with E-state index in [9.17, 15) is 0 Å². The van der Waals surface area contributed by atoms with E-state index in [-0.39, 0.29) is 0 Å². The quantitative estimate of drug-likeness (QED) is 0.769. The lowest BCUT2D eigenvalue weighted by Gasteiger charge is -2.18. The van der Waals surface area contributed by atoms with Crippen LogP contribution in [0, 0.1) is 0 Å². The van der Waals surface area contributed by atoms with Crippen molar-refractivity contribution in [2.45, 2.75) is 52.0 Å². The molecule has 0 amide bonds. The van der Waals surface area contributed by atoms with Crippen LogP contribution in [0.25, 0.3) is 0 Å². The fraction of sp³-hybridized carbons (Fsp3) is 0.474. The van der Waals surface area contributed by atoms with E-state index in [1.807, 2.05) is 6.07 Å². The van der Waals surface area contributed by atoms with E-state index in [1.165, 1.54) is 11.1 Å². The Morgan fingerprint density at radius 2 is 1.86 bits per heavy atom. The molecule has 1 aromatic carbocycles. The highest BCUT2D eigenvalue weighted by molar-refractivity contribution is 5.25. The number of hydrogen-bond acceptors (Lipinski definition) is 2. The first-order valence-electron chi connectivity index (χ1n) is 8.03. The molecule has 0 fully saturated rings. The van der Waals surface area contributed by atoms with Crippen molar-refractivity contribution in [2.24, 2.45) is 0 Å². The number of benzene rings is 1. The first-order chi connectivity index (χ1) is 10.2. The van der Waals surface area contributed by atoms with Gasteiger partial charge in [0.25, 0.3) is 0 Å². The van der Waals surface area contributed by atoms with Crippen LogP contribution in [0.3, 0.4) is 0 Å². The summed E-state index contributed by atoms with van der Waals surface area (Å²) in [5.74, 6) is 1.68. The van der Waals surface area contributed by atoms with Gasteiger partial charge in [0, 0.05) is 12.5 Å². The first-order valence-corrected chi connectivity index (χ1v) is 8.03. The highest BCUT2D eigenvalue weighted by Crippen LogP contribution is 2.16. The zero-order valence-corrected chi connectivity index (χ0v) is 13.4. The third kappa shape index (κ3) is 5.05. The van der Waals surface area contributed by atoms with Gasteiger partial charge in [0.2, 0.25) is 0 Å². The zero-order chi connectivity index (χ0) is 15.1. The summed E-state index contributed by atoms with van der Waals surface area (Å²) < 4.78 is 5.43. The standard InChI is InChI=1S/C19H27NO/c1-4-20-18(11-12-19-6-5-13-21-19)14-16-7-9-17(10-8-16)15(2)3/h5-10,13,15,18,20H,4,11-12,14H2,1-3H3. The van der Waals surface area contributed by atoms with E-state index in [2.05, 4.69) is 56.4 Å². The van der Waals surface area contributed by atoms with E-state index >= 15 is 0 Å². The Balaban J connectivity index is 1.91. The van der Waals surface area contributed by atoms with Crippen molar-refractivity contribution in [1.29, 1.82) is 0 Å². The Kier molecular flexibility index (Phi) is 6.06. The lowest BCUT2D eigenvalue weighted by molar-refractivity contribution is 0.448. The van der Waals surface area contributed by atoms with Crippen LogP contribution in [0.4, 0.5) is 0 Å². The molecule has 0 saturated heterocycles. The smallest absolute Gasteiger partial charge is 0.103 e. The minimum atomic E-state index is 0.505. The number of nitrogens with one attached hydrogen (secondary N) is 1. The Bertz CT molecular complexity index is 499. The van der Waals surface area contributed by atoms with Gasteiger partial charge in [0.15, 0.2) is 0 Å². The average molecular weight is 285 g/mol. The van der Waals surface area contributed by atoms with E-state index in [0.717, 1.165) is 31.6 Å². The molecule has 0 aliphatic rings. The largest absolute Gasteiger partial charge is 0.469 e. The number of furan rings is 1. The Labute approximate surface area is 128 Å². The van der Waals surface area contributed by atoms with Crippen LogP contribution in [-0.4, -0.2) is 12.6 Å². The summed E-state index contributed by atoms with van der Waals surface area (Å²) in [4.78, 5) is 0. The maximum atomic E-state index is 5.43. The van der Waals surface area contributed by atoms with Gasteiger partial charge in [0.1, 0.15) is 5.76 Å². The van der Waals surface area contributed by atoms with Gasteiger partial charge in [-0.2, -0.15) is 0 Å². The summed E-state index contributed by atoms with van der Waals surface area (Å²) in [5.41, 5.74) is 2.82. The molecule has 2 rings (SSSR count). The predicted molar refractivity (Wildman–Crippen MR) is 88.7 cm³/mol. The van der Waals surface area contributed by atoms with Crippen LogP contribution >= 0.6 is 0 Å². The molecule has 0 aliphatic heterocycles. The molecule has 1 aromatic heterocycles. The van der Waals surface area contributed by atoms with Crippen LogP contribution < -0.4 is 5.32 Å². The van der Waals surface area contributed by atoms with Crippen molar-refractivity contribution in [3.8, 4) is 0 Å². The topological polar surface area (TPSA) is 25.2 Å². The van der Waals surface area contributed by atoms with Gasteiger partial charge < -0.3 is 9.73 Å². The molecule has 21 heavy (non-hydrogen) atoms. The van der Waals surface area contributed by atoms with Crippen LogP contribution in [0.1, 0.15) is 50.0 Å². The maximum absolute atomic E-state index is 5.43. The monoisotopic (exact) mass is 285 g/mol. The normalized spacial score (nSPS) is 12.8. The van der Waals surface area contributed by atoms with Gasteiger partial charge in [-0.05, 0) is 48.6 Å². The number of rotatable bonds is 8. The van der Waals surface area contributed by atoms with Gasteiger partial charge in [-0.15, -0.1) is 0 Å². The Morgan fingerprint density at radius 1 is 1.10 bits per heavy atom. The molecule has 0 bridgehead atoms. The van der Waals surface area contributed by atoms with Crippen LogP contribution in [0.15, 0.2) is 47.1 Å². The van der Waals surface area contributed by atoms with Gasteiger partial charge in [-0.3, -0.25) is 0 Å². The summed E-state index contributed by atoms with van der Waals surface area (Å²) in [5, 5.41) is 3.59. The van der Waals surface area contributed by atoms with Crippen molar-refractivity contribution >= 4 is 0 Å². The molecule has 2 aromatic rings. The molecule has 114 valence electrons. The first kappa shape index (κ1) is 15.8. The second kappa shape index (κ2) is 8.04. The minimum absolute atomic E-state index is 0.505. The second-order valence-corrected chi connectivity index (χ2v) is 5.97. The van der Waals surface area contributed by atoms with E-state index in [4.69, 9.17) is 4.42 Å². The molecule has 0 saturated carbocycles. The van der Waals surface area contributed by atoms with Gasteiger partial charge in [-0.1, -0.05) is 45.0 Å². The van der Waals surface area contributed by atoms with Gasteiger partial charge >= 0.3 is 0 Å². The third-order valence-corrected chi connectivity index (χ3v) is 3.94. The summed E-state index contributed by atoms with van der Waals surface area (Å²) >= 11 is 0. The van der Waals surface area contributed by atoms with Crippen molar-refractivity contribution in [3.05, 3.63) is 59.5 Å². The summed E-state index contributed by atoms with van der Waals surface area (Å²) in [6.45, 7) is 7.65. The number of likely N-dealkylation sites (N-methyl/N-ethyl adjacent to an activating group) is 1. The second-order valence-electron chi connectivity index (χ2n) is 5.97. The molecule has 0 spiro atoms. The zero-order valence-electron chi connectivity index (χ0n) is 13.4. The van der Waals surface area contributed by atoms with Gasteiger partial charge in [0.05, 0.1) is 6.26 Å². The highest BCUT2D eigenvalue weighted by atomic mass is 16.3. The maximum Gasteiger partial charge on any atom is 0.103 e. The van der Waals surface area contributed by atoms with Gasteiger partial charge in [-0.25, -0.2) is 0 Å². The Morgan fingerprint density at radius 3 is 2.43 bits per heavy atom. The molecular formula is C19H27NO. The molecule has 0 aliphatic carbocycles. The van der Waals surface area contributed by atoms with Crippen LogP contribution in [0.5, 0.6) is 0 Å². The fourth-order valence-electron chi connectivity index (χ4n) is 2.66. The van der Waals surface area contributed by atoms with Crippen molar-refractivity contribution in [1.82, 2.24) is 5.32 Å². The molecule has 1 atom stereocenters. The number of hydrogen-bond donors (Lipinski definition) is 1. The summed E-state index contributed by atoms with van der Waals surface area (Å²) in [6, 6.07) is 13.6. The van der Waals surface area contributed by atoms with E-state index in [0.29, 0.717) is 12.0 Å². The lowest BCUT2D eigenvalue weighted by atomic mass is 9.97. The molecular weight excluding hydrogens is 258 g/mol. The molecule has 2 heteroatoms.